The number of carbonyl (C=O) groups is 2. The van der Waals surface area contributed by atoms with Crippen molar-refractivity contribution >= 4 is 11.8 Å². The smallest absolute Gasteiger partial charge is 0.341 e. The first kappa shape index (κ1) is 8.97. The molecule has 0 bridgehead atoms. The predicted octanol–water partition coefficient (Wildman–Crippen LogP) is 1.08. The van der Waals surface area contributed by atoms with E-state index in [2.05, 4.69) is 4.74 Å². The molecule has 0 saturated heterocycles. The van der Waals surface area contributed by atoms with Gasteiger partial charge in [0.15, 0.2) is 5.78 Å². The number of esters is 1. The fourth-order valence-corrected chi connectivity index (χ4v) is 1.25. The lowest BCUT2D eigenvalue weighted by Crippen LogP contribution is -2.20. The molecule has 0 spiro atoms. The van der Waals surface area contributed by atoms with Crippen molar-refractivity contribution in [2.45, 2.75) is 19.8 Å². The van der Waals surface area contributed by atoms with Gasteiger partial charge in [0.1, 0.15) is 0 Å². The zero-order valence-corrected chi connectivity index (χ0v) is 7.29. The van der Waals surface area contributed by atoms with Gasteiger partial charge < -0.3 is 4.74 Å². The molecule has 0 aromatic rings. The van der Waals surface area contributed by atoms with E-state index >= 15 is 0 Å². The summed E-state index contributed by atoms with van der Waals surface area (Å²) in [6.07, 6.45) is 2.92. The average Bonchev–Trinajstić information content (AvgIpc) is 2.03. The largest absolute Gasteiger partial charge is 0.465 e. The highest BCUT2D eigenvalue weighted by Gasteiger charge is 2.24. The topological polar surface area (TPSA) is 43.4 Å². The summed E-state index contributed by atoms with van der Waals surface area (Å²) in [6, 6.07) is 0. The van der Waals surface area contributed by atoms with Crippen LogP contribution in [0.4, 0.5) is 0 Å². The summed E-state index contributed by atoms with van der Waals surface area (Å²) in [5, 5.41) is 0. The summed E-state index contributed by atoms with van der Waals surface area (Å²) in [6.45, 7) is 1.99. The van der Waals surface area contributed by atoms with Crippen molar-refractivity contribution in [3.63, 3.8) is 0 Å². The number of methoxy groups -OCH3 is 1. The second-order valence-electron chi connectivity index (χ2n) is 3.08. The highest BCUT2D eigenvalue weighted by atomic mass is 16.5. The molecule has 0 radical (unpaired) electrons. The van der Waals surface area contributed by atoms with Crippen molar-refractivity contribution in [3.8, 4) is 0 Å². The molecule has 1 aliphatic rings. The molecule has 1 unspecified atom stereocenters. The van der Waals surface area contributed by atoms with Gasteiger partial charge in [-0.25, -0.2) is 4.79 Å². The quantitative estimate of drug-likeness (QED) is 0.434. The van der Waals surface area contributed by atoms with Gasteiger partial charge in [0, 0.05) is 6.42 Å². The van der Waals surface area contributed by atoms with Crippen LogP contribution in [0, 0.1) is 5.92 Å². The first-order valence-corrected chi connectivity index (χ1v) is 3.96. The number of rotatable bonds is 1. The standard InChI is InChI=1S/C9H12O3/c1-6-3-4-7(8(10)5-6)9(11)12-2/h4,6H,3,5H2,1-2H3. The van der Waals surface area contributed by atoms with Gasteiger partial charge in [0.25, 0.3) is 0 Å². The number of allylic oxidation sites excluding steroid dienone is 1. The lowest BCUT2D eigenvalue weighted by Gasteiger charge is -2.14. The molecule has 1 rings (SSSR count). The number of ether oxygens (including phenoxy) is 1. The first-order chi connectivity index (χ1) is 5.65. The van der Waals surface area contributed by atoms with Gasteiger partial charge in [-0.1, -0.05) is 13.0 Å². The van der Waals surface area contributed by atoms with Gasteiger partial charge >= 0.3 is 5.97 Å². The van der Waals surface area contributed by atoms with Crippen molar-refractivity contribution in [2.75, 3.05) is 7.11 Å². The van der Waals surface area contributed by atoms with Crippen LogP contribution in [0.15, 0.2) is 11.6 Å². The van der Waals surface area contributed by atoms with Gasteiger partial charge in [-0.15, -0.1) is 0 Å². The van der Waals surface area contributed by atoms with Crippen LogP contribution in [0.2, 0.25) is 0 Å². The Morgan fingerprint density at radius 3 is 2.83 bits per heavy atom. The third-order valence-corrected chi connectivity index (χ3v) is 1.96. The second kappa shape index (κ2) is 3.52. The molecule has 3 heteroatoms. The Balaban J connectivity index is 2.77. The Morgan fingerprint density at radius 2 is 2.33 bits per heavy atom. The van der Waals surface area contributed by atoms with Gasteiger partial charge in [0.05, 0.1) is 12.7 Å². The third-order valence-electron chi connectivity index (χ3n) is 1.96. The van der Waals surface area contributed by atoms with Gasteiger partial charge in [0.2, 0.25) is 0 Å². The molecule has 0 aliphatic heterocycles. The minimum atomic E-state index is -0.507. The van der Waals surface area contributed by atoms with Crippen LogP contribution in [-0.2, 0) is 14.3 Å². The fourth-order valence-electron chi connectivity index (χ4n) is 1.25. The molecule has 0 aromatic heterocycles. The first-order valence-electron chi connectivity index (χ1n) is 3.96. The Labute approximate surface area is 71.4 Å². The third kappa shape index (κ3) is 1.72. The number of hydrogen-bond donors (Lipinski definition) is 0. The van der Waals surface area contributed by atoms with Crippen molar-refractivity contribution in [1.29, 1.82) is 0 Å². The molecule has 0 heterocycles. The molecule has 0 fully saturated rings. The summed E-state index contributed by atoms with van der Waals surface area (Å²) in [7, 11) is 1.29. The zero-order valence-electron chi connectivity index (χ0n) is 7.29. The Bertz CT molecular complexity index is 240. The molecule has 66 valence electrons. The summed E-state index contributed by atoms with van der Waals surface area (Å²) in [4.78, 5) is 22.2. The van der Waals surface area contributed by atoms with Crippen LogP contribution in [0.1, 0.15) is 19.8 Å². The molecule has 1 atom stereocenters. The normalized spacial score (nSPS) is 23.3. The molecule has 12 heavy (non-hydrogen) atoms. The molecule has 3 nitrogen and oxygen atoms in total. The molecular formula is C9H12O3. The summed E-state index contributed by atoms with van der Waals surface area (Å²) >= 11 is 0. The molecule has 0 amide bonds. The van der Waals surface area contributed by atoms with Crippen LogP contribution in [0.25, 0.3) is 0 Å². The predicted molar refractivity (Wildman–Crippen MR) is 43.5 cm³/mol. The van der Waals surface area contributed by atoms with E-state index in [1.807, 2.05) is 6.92 Å². The maximum atomic E-state index is 11.2. The number of ketones is 1. The van der Waals surface area contributed by atoms with Crippen molar-refractivity contribution in [1.82, 2.24) is 0 Å². The minimum absolute atomic E-state index is 0.0967. The maximum Gasteiger partial charge on any atom is 0.341 e. The second-order valence-corrected chi connectivity index (χ2v) is 3.08. The Morgan fingerprint density at radius 1 is 1.67 bits per heavy atom. The highest BCUT2D eigenvalue weighted by Crippen LogP contribution is 2.20. The molecule has 0 N–H and O–H groups in total. The van der Waals surface area contributed by atoms with Gasteiger partial charge in [-0.3, -0.25) is 4.79 Å². The summed E-state index contributed by atoms with van der Waals surface area (Å²) in [5.74, 6) is -0.251. The van der Waals surface area contributed by atoms with Crippen molar-refractivity contribution < 1.29 is 14.3 Å². The van der Waals surface area contributed by atoms with Gasteiger partial charge in [-0.05, 0) is 12.3 Å². The SMILES string of the molecule is COC(=O)C1=CCC(C)CC1=O. The number of Topliss-reactive ketones (excluding diaryl/α,β-unsaturated/α-hetero) is 1. The van der Waals surface area contributed by atoms with Crippen LogP contribution < -0.4 is 0 Å². The number of hydrogen-bond acceptors (Lipinski definition) is 3. The van der Waals surface area contributed by atoms with E-state index in [1.165, 1.54) is 7.11 Å². The van der Waals surface area contributed by atoms with Crippen molar-refractivity contribution in [2.24, 2.45) is 5.92 Å². The van der Waals surface area contributed by atoms with Crippen molar-refractivity contribution in [3.05, 3.63) is 11.6 Å². The Kier molecular flexibility index (Phi) is 2.63. The van der Waals surface area contributed by atoms with E-state index in [0.29, 0.717) is 12.3 Å². The van der Waals surface area contributed by atoms with E-state index in [9.17, 15) is 9.59 Å². The summed E-state index contributed by atoms with van der Waals surface area (Å²) in [5.41, 5.74) is 0.218. The van der Waals surface area contributed by atoms with E-state index in [1.54, 1.807) is 6.08 Å². The van der Waals surface area contributed by atoms with E-state index in [-0.39, 0.29) is 11.4 Å². The molecule has 0 saturated carbocycles. The highest BCUT2D eigenvalue weighted by molar-refractivity contribution is 6.17. The minimum Gasteiger partial charge on any atom is -0.465 e. The lowest BCUT2D eigenvalue weighted by atomic mass is 9.90. The fraction of sp³-hybridized carbons (Fsp3) is 0.556. The molecule has 0 aromatic carbocycles. The number of carbonyl (C=O) groups excluding carboxylic acids is 2. The summed E-state index contributed by atoms with van der Waals surface area (Å²) < 4.78 is 4.47. The van der Waals surface area contributed by atoms with Crippen LogP contribution in [0.3, 0.4) is 0 Å². The van der Waals surface area contributed by atoms with E-state index < -0.39 is 5.97 Å². The molecular weight excluding hydrogens is 156 g/mol. The van der Waals surface area contributed by atoms with E-state index in [4.69, 9.17) is 0 Å². The Hall–Kier alpha value is -1.12. The monoisotopic (exact) mass is 168 g/mol. The van der Waals surface area contributed by atoms with Crippen LogP contribution in [0.5, 0.6) is 0 Å². The van der Waals surface area contributed by atoms with Gasteiger partial charge in [-0.2, -0.15) is 0 Å². The average molecular weight is 168 g/mol. The van der Waals surface area contributed by atoms with E-state index in [0.717, 1.165) is 6.42 Å². The molecule has 1 aliphatic carbocycles. The van der Waals surface area contributed by atoms with Crippen LogP contribution >= 0.6 is 0 Å². The maximum absolute atomic E-state index is 11.2. The lowest BCUT2D eigenvalue weighted by molar-refractivity contribution is -0.138. The van der Waals surface area contributed by atoms with Crippen LogP contribution in [-0.4, -0.2) is 18.9 Å². The zero-order chi connectivity index (χ0) is 9.14.